The number of piperazine rings is 1. The minimum atomic E-state index is -4.73. The molecule has 2 amide bonds. The standard InChI is InChI=1S/C27H31F3N4O3/c1-18(2)19-3-6-22(7-4-19)33-11-13-34(14-12-33)25(36)17-32-10-9-20(16-32)26(37)31-21-5-8-24(35)23(15-21)27(28,29)30/h3-8,15,20,35H,1,9-14,16-17H2,2H3,(H,31,37)/t20-/m1/s1. The van der Waals surface area contributed by atoms with Crippen molar-refractivity contribution in [2.24, 2.45) is 5.92 Å². The third-order valence-electron chi connectivity index (χ3n) is 6.93. The third kappa shape index (κ3) is 6.43. The highest BCUT2D eigenvalue weighted by molar-refractivity contribution is 5.93. The first kappa shape index (κ1) is 26.5. The predicted octanol–water partition coefficient (Wildman–Crippen LogP) is 4.05. The van der Waals surface area contributed by atoms with Crippen LogP contribution in [0.3, 0.4) is 0 Å². The molecular weight excluding hydrogens is 485 g/mol. The lowest BCUT2D eigenvalue weighted by Crippen LogP contribution is -2.51. The maximum Gasteiger partial charge on any atom is 0.420 e. The number of allylic oxidation sites excluding steroid dienone is 1. The zero-order valence-corrected chi connectivity index (χ0v) is 20.7. The Kier molecular flexibility index (Phi) is 7.77. The Labute approximate surface area is 214 Å². The summed E-state index contributed by atoms with van der Waals surface area (Å²) in [5.74, 6) is -1.72. The van der Waals surface area contributed by atoms with Crippen LogP contribution in [-0.4, -0.2) is 72.5 Å². The van der Waals surface area contributed by atoms with Crippen molar-refractivity contribution in [3.63, 3.8) is 0 Å². The number of phenolic OH excluding ortho intramolecular Hbond substituents is 1. The van der Waals surface area contributed by atoms with Gasteiger partial charge in [-0.05, 0) is 55.8 Å². The van der Waals surface area contributed by atoms with Gasteiger partial charge in [0.15, 0.2) is 0 Å². The number of likely N-dealkylation sites (tertiary alicyclic amines) is 1. The average molecular weight is 517 g/mol. The van der Waals surface area contributed by atoms with Crippen LogP contribution in [0.5, 0.6) is 5.75 Å². The minimum absolute atomic E-state index is 0.00620. The van der Waals surface area contributed by atoms with E-state index in [0.717, 1.165) is 42.0 Å². The van der Waals surface area contributed by atoms with Gasteiger partial charge in [-0.25, -0.2) is 0 Å². The van der Waals surface area contributed by atoms with Crippen molar-refractivity contribution in [3.05, 3.63) is 60.2 Å². The molecule has 37 heavy (non-hydrogen) atoms. The molecule has 2 N–H and O–H groups in total. The van der Waals surface area contributed by atoms with E-state index in [0.29, 0.717) is 32.6 Å². The molecule has 10 heteroatoms. The molecule has 0 aliphatic carbocycles. The first-order valence-electron chi connectivity index (χ1n) is 12.2. The van der Waals surface area contributed by atoms with Crippen molar-refractivity contribution in [2.45, 2.75) is 19.5 Å². The summed E-state index contributed by atoms with van der Waals surface area (Å²) < 4.78 is 39.1. The van der Waals surface area contributed by atoms with E-state index in [-0.39, 0.29) is 18.1 Å². The molecule has 4 rings (SSSR count). The van der Waals surface area contributed by atoms with Crippen LogP contribution in [-0.2, 0) is 15.8 Å². The molecule has 0 radical (unpaired) electrons. The maximum absolute atomic E-state index is 13.0. The van der Waals surface area contributed by atoms with Crippen molar-refractivity contribution >= 4 is 28.8 Å². The maximum atomic E-state index is 13.0. The van der Waals surface area contributed by atoms with Gasteiger partial charge in [-0.15, -0.1) is 0 Å². The van der Waals surface area contributed by atoms with Gasteiger partial charge in [0.25, 0.3) is 0 Å². The van der Waals surface area contributed by atoms with Crippen LogP contribution in [0.4, 0.5) is 24.5 Å². The SMILES string of the molecule is C=C(C)c1ccc(N2CCN(C(=O)CN3CC[C@@H](C(=O)Nc4ccc(O)c(C(F)(F)F)c4)C3)CC2)cc1. The number of anilines is 2. The number of carbonyl (C=O) groups excluding carboxylic acids is 2. The molecule has 0 spiro atoms. The third-order valence-corrected chi connectivity index (χ3v) is 6.93. The molecule has 2 heterocycles. The molecule has 0 unspecified atom stereocenters. The number of nitrogens with one attached hydrogen (secondary N) is 1. The number of halogens is 3. The number of hydrogen-bond acceptors (Lipinski definition) is 5. The number of amides is 2. The van der Waals surface area contributed by atoms with Crippen LogP contribution in [0.25, 0.3) is 5.57 Å². The van der Waals surface area contributed by atoms with Crippen LogP contribution in [0.2, 0.25) is 0 Å². The molecule has 2 aromatic rings. The van der Waals surface area contributed by atoms with E-state index in [4.69, 9.17) is 0 Å². The lowest BCUT2D eigenvalue weighted by Gasteiger charge is -2.36. The molecule has 2 aliphatic rings. The summed E-state index contributed by atoms with van der Waals surface area (Å²) in [5, 5.41) is 12.0. The first-order chi connectivity index (χ1) is 17.5. The largest absolute Gasteiger partial charge is 0.507 e. The monoisotopic (exact) mass is 516 g/mol. The fourth-order valence-corrected chi connectivity index (χ4v) is 4.74. The Morgan fingerprint density at radius 3 is 2.35 bits per heavy atom. The number of hydrogen-bond donors (Lipinski definition) is 2. The lowest BCUT2D eigenvalue weighted by atomic mass is 10.1. The van der Waals surface area contributed by atoms with E-state index in [1.54, 1.807) is 0 Å². The number of aromatic hydroxyl groups is 1. The highest BCUT2D eigenvalue weighted by Crippen LogP contribution is 2.37. The Morgan fingerprint density at radius 1 is 1.05 bits per heavy atom. The van der Waals surface area contributed by atoms with Crippen molar-refractivity contribution in [3.8, 4) is 5.75 Å². The van der Waals surface area contributed by atoms with E-state index < -0.39 is 29.3 Å². The summed E-state index contributed by atoms with van der Waals surface area (Å²) in [6.07, 6.45) is -4.21. The van der Waals surface area contributed by atoms with Crippen molar-refractivity contribution in [1.82, 2.24) is 9.80 Å². The molecule has 0 aromatic heterocycles. The number of benzene rings is 2. The molecule has 2 fully saturated rings. The van der Waals surface area contributed by atoms with Crippen molar-refractivity contribution in [2.75, 3.05) is 56.0 Å². The van der Waals surface area contributed by atoms with Crippen LogP contribution in [0.15, 0.2) is 49.0 Å². The van der Waals surface area contributed by atoms with E-state index in [1.807, 2.05) is 28.9 Å². The lowest BCUT2D eigenvalue weighted by molar-refractivity contribution is -0.138. The van der Waals surface area contributed by atoms with Crippen molar-refractivity contribution < 1.29 is 27.9 Å². The van der Waals surface area contributed by atoms with Gasteiger partial charge in [-0.2, -0.15) is 13.2 Å². The van der Waals surface area contributed by atoms with Crippen LogP contribution >= 0.6 is 0 Å². The van der Waals surface area contributed by atoms with Crippen LogP contribution < -0.4 is 10.2 Å². The molecule has 2 aliphatic heterocycles. The second-order valence-corrected chi connectivity index (χ2v) is 9.63. The smallest absolute Gasteiger partial charge is 0.420 e. The molecule has 198 valence electrons. The molecule has 7 nitrogen and oxygen atoms in total. The molecule has 2 aromatic carbocycles. The fourth-order valence-electron chi connectivity index (χ4n) is 4.74. The number of carbonyl (C=O) groups is 2. The fraction of sp³-hybridized carbons (Fsp3) is 0.407. The minimum Gasteiger partial charge on any atom is -0.507 e. The Morgan fingerprint density at radius 2 is 1.73 bits per heavy atom. The predicted molar refractivity (Wildman–Crippen MR) is 136 cm³/mol. The van der Waals surface area contributed by atoms with Gasteiger partial charge in [0.2, 0.25) is 11.8 Å². The highest BCUT2D eigenvalue weighted by Gasteiger charge is 2.35. The highest BCUT2D eigenvalue weighted by atomic mass is 19.4. The zero-order valence-electron chi connectivity index (χ0n) is 20.7. The normalized spacial score (nSPS) is 18.6. The molecule has 0 bridgehead atoms. The Balaban J connectivity index is 1.24. The van der Waals surface area contributed by atoms with Gasteiger partial charge in [-0.3, -0.25) is 14.5 Å². The molecule has 2 saturated heterocycles. The zero-order chi connectivity index (χ0) is 26.7. The summed E-state index contributed by atoms with van der Waals surface area (Å²) in [6, 6.07) is 11.1. The van der Waals surface area contributed by atoms with Crippen LogP contribution in [0, 0.1) is 5.92 Å². The second kappa shape index (κ2) is 10.8. The van der Waals surface area contributed by atoms with Gasteiger partial charge < -0.3 is 20.2 Å². The summed E-state index contributed by atoms with van der Waals surface area (Å²) in [6.45, 7) is 9.73. The Bertz CT molecular complexity index is 1160. The van der Waals surface area contributed by atoms with Gasteiger partial charge >= 0.3 is 6.18 Å². The summed E-state index contributed by atoms with van der Waals surface area (Å²) >= 11 is 0. The molecular formula is C27H31F3N4O3. The molecule has 1 atom stereocenters. The van der Waals surface area contributed by atoms with Crippen LogP contribution in [0.1, 0.15) is 24.5 Å². The topological polar surface area (TPSA) is 76.1 Å². The van der Waals surface area contributed by atoms with Gasteiger partial charge in [-0.1, -0.05) is 24.3 Å². The van der Waals surface area contributed by atoms with Gasteiger partial charge in [0.05, 0.1) is 18.0 Å². The van der Waals surface area contributed by atoms with E-state index >= 15 is 0 Å². The van der Waals surface area contributed by atoms with Gasteiger partial charge in [0, 0.05) is 44.1 Å². The van der Waals surface area contributed by atoms with E-state index in [1.165, 1.54) is 6.07 Å². The summed E-state index contributed by atoms with van der Waals surface area (Å²) in [4.78, 5) is 31.5. The van der Waals surface area contributed by atoms with Crippen molar-refractivity contribution in [1.29, 1.82) is 0 Å². The van der Waals surface area contributed by atoms with E-state index in [9.17, 15) is 27.9 Å². The number of alkyl halides is 3. The number of rotatable bonds is 6. The first-order valence-corrected chi connectivity index (χ1v) is 12.2. The van der Waals surface area contributed by atoms with E-state index in [2.05, 4.69) is 28.9 Å². The summed E-state index contributed by atoms with van der Waals surface area (Å²) in [7, 11) is 0. The Hall–Kier alpha value is -3.53. The number of phenols is 1. The number of nitrogens with zero attached hydrogens (tertiary/aromatic N) is 3. The second-order valence-electron chi connectivity index (χ2n) is 9.63. The van der Waals surface area contributed by atoms with Gasteiger partial charge in [0.1, 0.15) is 5.75 Å². The summed E-state index contributed by atoms with van der Waals surface area (Å²) in [5.41, 5.74) is 2.00. The average Bonchev–Trinajstić information content (AvgIpc) is 3.33. The quantitative estimate of drug-likeness (QED) is 0.567. The molecule has 0 saturated carbocycles.